The highest BCUT2D eigenvalue weighted by molar-refractivity contribution is 6.76. The van der Waals surface area contributed by atoms with E-state index in [0.717, 1.165) is 45.8 Å². The Morgan fingerprint density at radius 2 is 0.933 bits per heavy atom. The van der Waals surface area contributed by atoms with Crippen LogP contribution < -0.4 is 28.4 Å². The monoisotopic (exact) mass is 1480 g/mol. The smallest absolute Gasteiger partial charge is 0.342 e. The van der Waals surface area contributed by atoms with E-state index in [1.807, 2.05) is 127 Å². The molecule has 7 rings (SSSR count). The van der Waals surface area contributed by atoms with Crippen LogP contribution in [0.25, 0.3) is 0 Å². The van der Waals surface area contributed by atoms with Crippen molar-refractivity contribution in [1.82, 2.24) is 0 Å². The highest BCUT2D eigenvalue weighted by Gasteiger charge is 2.46. The van der Waals surface area contributed by atoms with Crippen molar-refractivity contribution in [3.63, 3.8) is 0 Å². The van der Waals surface area contributed by atoms with Gasteiger partial charge in [-0.15, -0.1) is 0 Å². The Hall–Kier alpha value is -7.14. The number of ether oxygens (including phenoxy) is 17. The minimum absolute atomic E-state index is 0.0230. The lowest BCUT2D eigenvalue weighted by Crippen LogP contribution is -2.37. The summed E-state index contributed by atoms with van der Waals surface area (Å²) in [5, 5.41) is 11.1. The molecule has 2 saturated heterocycles. The third kappa shape index (κ3) is 29.3. The molecule has 5 aromatic rings. The number of hydrogen-bond donors (Lipinski definition) is 1. The Balaban J connectivity index is 0.000000330. The number of aryl methyl sites for hydroxylation is 2. The van der Waals surface area contributed by atoms with E-state index in [1.54, 1.807) is 70.9 Å². The average Bonchev–Trinajstić information content (AvgIpc) is 0.890. The van der Waals surface area contributed by atoms with Gasteiger partial charge in [-0.2, -0.15) is 0 Å². The largest absolute Gasteiger partial charge is 0.497 e. The van der Waals surface area contributed by atoms with Gasteiger partial charge in [-0.25, -0.2) is 14.4 Å². The van der Waals surface area contributed by atoms with E-state index >= 15 is 0 Å². The summed E-state index contributed by atoms with van der Waals surface area (Å²) in [6, 6.07) is 33.2. The molecule has 2 aliphatic rings. The van der Waals surface area contributed by atoms with Crippen LogP contribution in [0.4, 0.5) is 0 Å². The van der Waals surface area contributed by atoms with E-state index in [2.05, 4.69) is 39.3 Å². The maximum atomic E-state index is 13.6. The van der Waals surface area contributed by atoms with Crippen LogP contribution in [-0.2, 0) is 78.2 Å². The lowest BCUT2D eigenvalue weighted by atomic mass is 9.96. The zero-order chi connectivity index (χ0) is 76.0. The van der Waals surface area contributed by atoms with Gasteiger partial charge in [0, 0.05) is 42.5 Å². The molecular formula is C81H116O21Si2. The normalized spacial score (nSPS) is 18.2. The van der Waals surface area contributed by atoms with Gasteiger partial charge in [0.1, 0.15) is 70.0 Å². The summed E-state index contributed by atoms with van der Waals surface area (Å²) in [5.41, 5.74) is 4.72. The second-order valence-corrected chi connectivity index (χ2v) is 40.6. The predicted octanol–water partition coefficient (Wildman–Crippen LogP) is 15.7. The zero-order valence-corrected chi connectivity index (χ0v) is 66.7. The van der Waals surface area contributed by atoms with Crippen LogP contribution in [0.2, 0.25) is 51.4 Å². The number of aliphatic hydroxyl groups excluding tert-OH is 1. The topological polar surface area (TPSA) is 228 Å². The SMILES string of the molecule is COCOc1cc(OC)cc(CCC[C@@H]2OC(C)(C)OC2C(/C=C\C[C@H](C)OCc2ccc(OC)cc2)OC(=O)c2ccccc2)c1C(=O)OCC[Si](C)(C)C.COCOc1cc(OC)cc(CCC[C@@H]2OC(C)(C)OC2C(O)/C=C\C[C@H](C)OCc2ccc(OC)cc2)c1C(=O)OCC[Si](C)(C)C. The third-order valence-electron chi connectivity index (χ3n) is 17.2. The molecule has 2 aliphatic heterocycles. The molecule has 104 heavy (non-hydrogen) atoms. The molecule has 0 saturated carbocycles. The molecule has 0 radical (unpaired) electrons. The number of carbonyl (C=O) groups excluding carboxylic acids is 3. The third-order valence-corrected chi connectivity index (χ3v) is 20.6. The lowest BCUT2D eigenvalue weighted by molar-refractivity contribution is -0.153. The molecule has 0 aromatic heterocycles. The van der Waals surface area contributed by atoms with Crippen LogP contribution in [0.15, 0.2) is 127 Å². The summed E-state index contributed by atoms with van der Waals surface area (Å²) in [4.78, 5) is 40.4. The molecule has 0 bridgehead atoms. The number of esters is 3. The maximum absolute atomic E-state index is 13.6. The molecule has 2 fully saturated rings. The van der Waals surface area contributed by atoms with Crippen molar-refractivity contribution in [2.45, 2.75) is 218 Å². The second-order valence-electron chi connectivity index (χ2n) is 29.4. The minimum Gasteiger partial charge on any atom is -0.497 e. The van der Waals surface area contributed by atoms with Gasteiger partial charge in [-0.05, 0) is 182 Å². The summed E-state index contributed by atoms with van der Waals surface area (Å²) in [5.74, 6) is 0.271. The van der Waals surface area contributed by atoms with Gasteiger partial charge in [0.15, 0.2) is 25.2 Å². The van der Waals surface area contributed by atoms with Gasteiger partial charge in [0.25, 0.3) is 0 Å². The molecule has 21 nitrogen and oxygen atoms in total. The van der Waals surface area contributed by atoms with E-state index < -0.39 is 76.1 Å². The summed E-state index contributed by atoms with van der Waals surface area (Å²) in [6.45, 7) is 26.4. The van der Waals surface area contributed by atoms with Crippen molar-refractivity contribution in [1.29, 1.82) is 0 Å². The van der Waals surface area contributed by atoms with Crippen LogP contribution in [0.1, 0.15) is 133 Å². The fraction of sp³-hybridized carbons (Fsp3) is 0.543. The minimum atomic E-state index is -1.44. The molecule has 0 aliphatic carbocycles. The Morgan fingerprint density at radius 1 is 0.519 bits per heavy atom. The van der Waals surface area contributed by atoms with Gasteiger partial charge in [-0.3, -0.25) is 0 Å². The molecule has 1 N–H and O–H groups in total. The van der Waals surface area contributed by atoms with Crippen molar-refractivity contribution in [2.75, 3.05) is 69.5 Å². The average molecular weight is 1480 g/mol. The maximum Gasteiger partial charge on any atom is 0.342 e. The molecule has 2 heterocycles. The first kappa shape index (κ1) is 85.8. The zero-order valence-electron chi connectivity index (χ0n) is 64.7. The van der Waals surface area contributed by atoms with Crippen LogP contribution >= 0.6 is 0 Å². The van der Waals surface area contributed by atoms with Crippen LogP contribution in [0.3, 0.4) is 0 Å². The van der Waals surface area contributed by atoms with Gasteiger partial charge in [0.05, 0.1) is 84.8 Å². The first-order chi connectivity index (χ1) is 49.5. The predicted molar refractivity (Wildman–Crippen MR) is 405 cm³/mol. The molecule has 4 unspecified atom stereocenters. The Bertz CT molecular complexity index is 3460. The molecular weight excluding hydrogens is 1370 g/mol. The number of aliphatic hydroxyl groups is 1. The first-order valence-electron chi connectivity index (χ1n) is 35.9. The van der Waals surface area contributed by atoms with Crippen LogP contribution in [0.5, 0.6) is 34.5 Å². The number of rotatable bonds is 42. The van der Waals surface area contributed by atoms with E-state index in [-0.39, 0.29) is 31.9 Å². The quantitative estimate of drug-likeness (QED) is 0.0126. The Morgan fingerprint density at radius 3 is 1.35 bits per heavy atom. The van der Waals surface area contributed by atoms with Crippen molar-refractivity contribution >= 4 is 34.1 Å². The Labute approximate surface area is 619 Å². The van der Waals surface area contributed by atoms with E-state index in [9.17, 15) is 19.5 Å². The second kappa shape index (κ2) is 42.3. The molecule has 8 atom stereocenters. The molecule has 0 amide bonds. The molecule has 0 spiro atoms. The summed E-state index contributed by atoms with van der Waals surface area (Å²) in [7, 11) is 6.64. The highest BCUT2D eigenvalue weighted by atomic mass is 28.3. The number of methoxy groups -OCH3 is 6. The summed E-state index contributed by atoms with van der Waals surface area (Å²) >= 11 is 0. The van der Waals surface area contributed by atoms with Crippen molar-refractivity contribution < 1.29 is 100 Å². The number of carbonyl (C=O) groups is 3. The lowest BCUT2D eigenvalue weighted by Gasteiger charge is -2.25. The molecule has 23 heteroatoms. The molecule has 5 aromatic carbocycles. The summed E-state index contributed by atoms with van der Waals surface area (Å²) in [6.07, 6.45) is 8.40. The van der Waals surface area contributed by atoms with E-state index in [4.69, 9.17) is 80.5 Å². The van der Waals surface area contributed by atoms with Crippen molar-refractivity contribution in [3.05, 3.63) is 166 Å². The van der Waals surface area contributed by atoms with E-state index in [1.165, 1.54) is 14.2 Å². The van der Waals surface area contributed by atoms with Crippen LogP contribution in [-0.4, -0.2) is 169 Å². The van der Waals surface area contributed by atoms with E-state index in [0.29, 0.717) is 117 Å². The van der Waals surface area contributed by atoms with Crippen molar-refractivity contribution in [2.24, 2.45) is 0 Å². The van der Waals surface area contributed by atoms with Gasteiger partial charge < -0.3 is 85.6 Å². The van der Waals surface area contributed by atoms with Crippen molar-refractivity contribution in [3.8, 4) is 34.5 Å². The number of hydrogen-bond acceptors (Lipinski definition) is 21. The molecule has 574 valence electrons. The van der Waals surface area contributed by atoms with Gasteiger partial charge in [-0.1, -0.05) is 100.0 Å². The Kier molecular flexibility index (Phi) is 34.9. The first-order valence-corrected chi connectivity index (χ1v) is 43.4. The summed E-state index contributed by atoms with van der Waals surface area (Å²) < 4.78 is 98.6. The van der Waals surface area contributed by atoms with Crippen LogP contribution in [0, 0.1) is 0 Å². The van der Waals surface area contributed by atoms with Gasteiger partial charge in [0.2, 0.25) is 0 Å². The number of benzene rings is 5. The standard InChI is InChI=1S/C44H60O11Si.C37H56O10Si/c1-31(51-29-32-21-23-35(48-5)24-22-32)15-13-19-37(53-42(45)33-16-11-10-12-17-33)41-38(54-44(2,3)55-41)20-14-18-34-27-36(49-6)28-39(52-30-47-4)40(34)43(46)50-25-26-56(7,8)9;1-26(44-24-27-16-18-29(41-5)19-17-27)12-10-14-31(38)35-32(46-37(2,3)47-35)15-11-13-28-22-30(42-6)23-33(45-25-40-4)34(28)36(39)43-20-21-48(7,8)9/h10-13,16-17,19,21-24,27-28,31,37-38,41H,14-15,18,20,25-26,29-30H2,1-9H3;10,14,16-19,22-23,26,31-32,35,38H,11-13,15,20-21,24-25H2,1-9H3/b19-13-;14-10-/t31-,37?,38-,41?;26-,31?,32-,35?/m00/s1. The highest BCUT2D eigenvalue weighted by Crippen LogP contribution is 2.39. The van der Waals surface area contributed by atoms with Gasteiger partial charge >= 0.3 is 17.9 Å². The fourth-order valence-corrected chi connectivity index (χ4v) is 13.0. The fourth-order valence-electron chi connectivity index (χ4n) is 11.6.